The van der Waals surface area contributed by atoms with Gasteiger partial charge in [0.1, 0.15) is 0 Å². The first-order valence-electron chi connectivity index (χ1n) is 5.74. The van der Waals surface area contributed by atoms with Gasteiger partial charge in [-0.2, -0.15) is 0 Å². The fourth-order valence-corrected chi connectivity index (χ4v) is 2.21. The molecule has 0 spiro atoms. The second-order valence-corrected chi connectivity index (χ2v) is 4.43. The highest BCUT2D eigenvalue weighted by molar-refractivity contribution is 5.72. The molecule has 0 aliphatic heterocycles. The lowest BCUT2D eigenvalue weighted by Crippen LogP contribution is -2.30. The Bertz CT molecular complexity index is 230. The summed E-state index contributed by atoms with van der Waals surface area (Å²) in [7, 11) is 1.94. The number of carbonyl (C=O) groups excluding carboxylic acids is 1. The van der Waals surface area contributed by atoms with Crippen molar-refractivity contribution in [2.24, 2.45) is 11.8 Å². The first-order chi connectivity index (χ1) is 7.13. The van der Waals surface area contributed by atoms with Crippen LogP contribution in [0.15, 0.2) is 12.3 Å². The number of nitrogens with one attached hydrogen (secondary N) is 2. The number of allylic oxidation sites excluding steroid dienone is 1. The van der Waals surface area contributed by atoms with Crippen molar-refractivity contribution in [1.82, 2.24) is 10.6 Å². The number of rotatable bonds is 4. The molecule has 1 aliphatic rings. The molecule has 1 amide bonds. The zero-order valence-electron chi connectivity index (χ0n) is 9.81. The van der Waals surface area contributed by atoms with Crippen molar-refractivity contribution in [3.05, 3.63) is 12.3 Å². The molecular formula is C12H22N2O. The Kier molecular flexibility index (Phi) is 4.66. The van der Waals surface area contributed by atoms with Crippen LogP contribution in [0.25, 0.3) is 0 Å². The molecule has 15 heavy (non-hydrogen) atoms. The minimum Gasteiger partial charge on any atom is -0.392 e. The Balaban J connectivity index is 2.23. The molecule has 0 radical (unpaired) electrons. The van der Waals surface area contributed by atoms with Crippen molar-refractivity contribution in [3.8, 4) is 0 Å². The monoisotopic (exact) mass is 210 g/mol. The van der Waals surface area contributed by atoms with Gasteiger partial charge in [0, 0.05) is 26.2 Å². The van der Waals surface area contributed by atoms with Crippen LogP contribution in [0.3, 0.4) is 0 Å². The van der Waals surface area contributed by atoms with Gasteiger partial charge in [0.15, 0.2) is 0 Å². The molecule has 0 saturated heterocycles. The van der Waals surface area contributed by atoms with Gasteiger partial charge in [-0.05, 0) is 37.5 Å². The summed E-state index contributed by atoms with van der Waals surface area (Å²) in [5.41, 5.74) is 1.16. The lowest BCUT2D eigenvalue weighted by Gasteiger charge is -2.29. The summed E-state index contributed by atoms with van der Waals surface area (Å²) in [5, 5.41) is 6.03. The van der Waals surface area contributed by atoms with Gasteiger partial charge in [-0.25, -0.2) is 0 Å². The molecule has 1 fully saturated rings. The molecule has 1 aliphatic carbocycles. The highest BCUT2D eigenvalue weighted by atomic mass is 16.1. The molecule has 1 rings (SSSR count). The predicted octanol–water partition coefficient (Wildman–Crippen LogP) is 1.66. The molecule has 0 atom stereocenters. The topological polar surface area (TPSA) is 41.1 Å². The van der Waals surface area contributed by atoms with Crippen LogP contribution in [-0.4, -0.2) is 19.5 Å². The summed E-state index contributed by atoms with van der Waals surface area (Å²) in [6.45, 7) is 6.43. The number of amides is 1. The van der Waals surface area contributed by atoms with E-state index in [1.165, 1.54) is 25.7 Å². The third-order valence-corrected chi connectivity index (χ3v) is 3.30. The third-order valence-electron chi connectivity index (χ3n) is 3.30. The average molecular weight is 210 g/mol. The lowest BCUT2D eigenvalue weighted by atomic mass is 9.80. The Morgan fingerprint density at radius 3 is 2.40 bits per heavy atom. The molecule has 0 aromatic heterocycles. The van der Waals surface area contributed by atoms with E-state index in [0.29, 0.717) is 11.8 Å². The van der Waals surface area contributed by atoms with E-state index >= 15 is 0 Å². The Labute approximate surface area is 92.3 Å². The molecular weight excluding hydrogens is 188 g/mol. The van der Waals surface area contributed by atoms with Crippen LogP contribution in [0, 0.1) is 11.8 Å². The van der Waals surface area contributed by atoms with Crippen LogP contribution in [0.5, 0.6) is 0 Å². The molecule has 2 N–H and O–H groups in total. The zero-order valence-corrected chi connectivity index (χ0v) is 9.81. The maximum atomic E-state index is 10.8. The third kappa shape index (κ3) is 3.94. The summed E-state index contributed by atoms with van der Waals surface area (Å²) in [4.78, 5) is 10.8. The molecule has 0 unspecified atom stereocenters. The Hall–Kier alpha value is -0.990. The summed E-state index contributed by atoms with van der Waals surface area (Å²) in [6.07, 6.45) is 4.80. The highest BCUT2D eigenvalue weighted by Crippen LogP contribution is 2.31. The number of hydrogen-bond donors (Lipinski definition) is 2. The van der Waals surface area contributed by atoms with Crippen molar-refractivity contribution < 1.29 is 4.79 Å². The number of carbonyl (C=O) groups is 1. The summed E-state index contributed by atoms with van der Waals surface area (Å²) in [6, 6.07) is 0. The van der Waals surface area contributed by atoms with Gasteiger partial charge in [0.05, 0.1) is 0 Å². The molecule has 86 valence electrons. The molecule has 0 bridgehead atoms. The van der Waals surface area contributed by atoms with Gasteiger partial charge in [-0.3, -0.25) is 4.79 Å². The van der Waals surface area contributed by atoms with Crippen LogP contribution >= 0.6 is 0 Å². The van der Waals surface area contributed by atoms with Gasteiger partial charge in [0.25, 0.3) is 0 Å². The van der Waals surface area contributed by atoms with E-state index in [0.717, 1.165) is 12.2 Å². The largest absolute Gasteiger partial charge is 0.392 e. The highest BCUT2D eigenvalue weighted by Gasteiger charge is 2.22. The van der Waals surface area contributed by atoms with Crippen LogP contribution in [0.4, 0.5) is 0 Å². The molecule has 0 aromatic rings. The maximum Gasteiger partial charge on any atom is 0.216 e. The molecule has 1 saturated carbocycles. The first-order valence-corrected chi connectivity index (χ1v) is 5.74. The van der Waals surface area contributed by atoms with E-state index < -0.39 is 0 Å². The van der Waals surface area contributed by atoms with Gasteiger partial charge < -0.3 is 10.6 Å². The quantitative estimate of drug-likeness (QED) is 0.741. The van der Waals surface area contributed by atoms with Gasteiger partial charge >= 0.3 is 0 Å². The fraction of sp³-hybridized carbons (Fsp3) is 0.750. The van der Waals surface area contributed by atoms with E-state index in [4.69, 9.17) is 0 Å². The molecule has 0 aromatic carbocycles. The van der Waals surface area contributed by atoms with Crippen LogP contribution < -0.4 is 10.6 Å². The van der Waals surface area contributed by atoms with Crippen LogP contribution in [-0.2, 0) is 4.79 Å². The van der Waals surface area contributed by atoms with E-state index in [1.807, 2.05) is 7.05 Å². The minimum absolute atomic E-state index is 0.0803. The zero-order chi connectivity index (χ0) is 11.3. The van der Waals surface area contributed by atoms with Crippen molar-refractivity contribution >= 4 is 5.91 Å². The van der Waals surface area contributed by atoms with Gasteiger partial charge in [-0.15, -0.1) is 0 Å². The van der Waals surface area contributed by atoms with E-state index in [-0.39, 0.29) is 5.91 Å². The van der Waals surface area contributed by atoms with E-state index in [9.17, 15) is 4.79 Å². The molecule has 0 heterocycles. The predicted molar refractivity (Wildman–Crippen MR) is 62.3 cm³/mol. The van der Waals surface area contributed by atoms with Crippen molar-refractivity contribution in [3.63, 3.8) is 0 Å². The standard InChI is InChI=1S/C12H22N2O/c1-9(13-3)12-6-4-11(5-7-12)8-14-10(2)15/h11-13H,1,4-8H2,2-3H3,(H,14,15). The van der Waals surface area contributed by atoms with E-state index in [2.05, 4.69) is 17.2 Å². The Morgan fingerprint density at radius 1 is 1.33 bits per heavy atom. The second kappa shape index (κ2) is 5.79. The summed E-state index contributed by atoms with van der Waals surface area (Å²) >= 11 is 0. The van der Waals surface area contributed by atoms with Crippen molar-refractivity contribution in [2.45, 2.75) is 32.6 Å². The van der Waals surface area contributed by atoms with Crippen LogP contribution in [0.1, 0.15) is 32.6 Å². The summed E-state index contributed by atoms with van der Waals surface area (Å²) < 4.78 is 0. The van der Waals surface area contributed by atoms with Gasteiger partial charge in [-0.1, -0.05) is 6.58 Å². The lowest BCUT2D eigenvalue weighted by molar-refractivity contribution is -0.119. The molecule has 3 nitrogen and oxygen atoms in total. The summed E-state index contributed by atoms with van der Waals surface area (Å²) in [5.74, 6) is 1.37. The number of hydrogen-bond acceptors (Lipinski definition) is 2. The van der Waals surface area contributed by atoms with Crippen molar-refractivity contribution in [1.29, 1.82) is 0 Å². The van der Waals surface area contributed by atoms with E-state index in [1.54, 1.807) is 6.92 Å². The SMILES string of the molecule is C=C(NC)C1CCC(CNC(C)=O)CC1. The van der Waals surface area contributed by atoms with Gasteiger partial charge in [0.2, 0.25) is 5.91 Å². The van der Waals surface area contributed by atoms with Crippen LogP contribution in [0.2, 0.25) is 0 Å². The first kappa shape index (κ1) is 12.1. The Morgan fingerprint density at radius 2 is 1.93 bits per heavy atom. The maximum absolute atomic E-state index is 10.8. The fourth-order valence-electron chi connectivity index (χ4n) is 2.21. The van der Waals surface area contributed by atoms with Crippen molar-refractivity contribution in [2.75, 3.05) is 13.6 Å². The second-order valence-electron chi connectivity index (χ2n) is 4.43. The average Bonchev–Trinajstić information content (AvgIpc) is 2.26. The minimum atomic E-state index is 0.0803. The molecule has 3 heteroatoms. The normalized spacial score (nSPS) is 25.7. The smallest absolute Gasteiger partial charge is 0.216 e.